The summed E-state index contributed by atoms with van der Waals surface area (Å²) < 4.78 is 5.73. The molecule has 0 amide bonds. The van der Waals surface area contributed by atoms with Gasteiger partial charge in [0.2, 0.25) is 0 Å². The highest BCUT2D eigenvalue weighted by Gasteiger charge is 2.12. The van der Waals surface area contributed by atoms with Crippen molar-refractivity contribution in [2.75, 3.05) is 6.61 Å². The Morgan fingerprint density at radius 1 is 1.00 bits per heavy atom. The van der Waals surface area contributed by atoms with Crippen LogP contribution in [0.25, 0.3) is 32.9 Å². The van der Waals surface area contributed by atoms with Crippen molar-refractivity contribution < 1.29 is 4.74 Å². The molecule has 0 bridgehead atoms. The molecule has 5 rings (SSSR count). The smallest absolute Gasteiger partial charge is 0.122 e. The molecule has 0 radical (unpaired) electrons. The van der Waals surface area contributed by atoms with Gasteiger partial charge in [-0.15, -0.1) is 0 Å². The number of pyridine rings is 1. The summed E-state index contributed by atoms with van der Waals surface area (Å²) in [6.45, 7) is 2.88. The highest BCUT2D eigenvalue weighted by atomic mass is 16.5. The van der Waals surface area contributed by atoms with Crippen molar-refractivity contribution >= 4 is 21.8 Å². The second-order valence-corrected chi connectivity index (χ2v) is 6.48. The minimum atomic E-state index is 0.834. The maximum absolute atomic E-state index is 5.73. The predicted molar refractivity (Wildman–Crippen MR) is 97.6 cm³/mol. The van der Waals surface area contributed by atoms with Gasteiger partial charge in [0, 0.05) is 22.5 Å². The minimum absolute atomic E-state index is 0.834. The van der Waals surface area contributed by atoms with E-state index in [1.165, 1.54) is 27.5 Å². The summed E-state index contributed by atoms with van der Waals surface area (Å²) in [6, 6.07) is 15.3. The number of aromatic nitrogens is 2. The molecule has 0 spiro atoms. The van der Waals surface area contributed by atoms with Crippen LogP contribution < -0.4 is 4.74 Å². The van der Waals surface area contributed by atoms with E-state index in [0.717, 1.165) is 41.9 Å². The zero-order valence-corrected chi connectivity index (χ0v) is 13.6. The van der Waals surface area contributed by atoms with Gasteiger partial charge in [0.1, 0.15) is 5.75 Å². The lowest BCUT2D eigenvalue weighted by Crippen LogP contribution is -2.07. The maximum atomic E-state index is 5.73. The molecule has 4 aromatic rings. The Hall–Kier alpha value is -2.81. The number of fused-ring (bicyclic) bond motifs is 4. The molecule has 0 fully saturated rings. The third kappa shape index (κ3) is 2.01. The van der Waals surface area contributed by atoms with E-state index in [0.29, 0.717) is 0 Å². The molecule has 0 saturated heterocycles. The zero-order valence-electron chi connectivity index (χ0n) is 13.6. The number of hydrogen-bond donors (Lipinski definition) is 1. The number of benzene rings is 2. The standard InChI is InChI=1S/C21H18N2O/c1-13-21-17(8-9-22-13)18-12-15(4-6-19(18)23-21)14-5-7-20-16(11-14)3-2-10-24-20/h4-9,11-12,23H,2-3,10H2,1H3. The number of rotatable bonds is 1. The normalized spacial score (nSPS) is 13.9. The zero-order chi connectivity index (χ0) is 16.1. The topological polar surface area (TPSA) is 37.9 Å². The molecule has 118 valence electrons. The van der Waals surface area contributed by atoms with Gasteiger partial charge in [-0.1, -0.05) is 12.1 Å². The van der Waals surface area contributed by atoms with Crippen molar-refractivity contribution in [1.82, 2.24) is 9.97 Å². The summed E-state index contributed by atoms with van der Waals surface area (Å²) in [7, 11) is 0. The summed E-state index contributed by atoms with van der Waals surface area (Å²) in [5, 5.41) is 2.49. The number of nitrogens with zero attached hydrogens (tertiary/aromatic N) is 1. The van der Waals surface area contributed by atoms with E-state index in [4.69, 9.17) is 4.74 Å². The molecule has 0 atom stereocenters. The first-order valence-electron chi connectivity index (χ1n) is 8.43. The average molecular weight is 314 g/mol. The molecule has 0 unspecified atom stereocenters. The molecule has 0 aliphatic carbocycles. The highest BCUT2D eigenvalue weighted by molar-refractivity contribution is 6.09. The number of hydrogen-bond acceptors (Lipinski definition) is 2. The molecular formula is C21H18N2O. The van der Waals surface area contributed by atoms with Crippen LogP contribution in [-0.4, -0.2) is 16.6 Å². The third-order valence-electron chi connectivity index (χ3n) is 4.95. The quantitative estimate of drug-likeness (QED) is 0.536. The first-order valence-corrected chi connectivity index (χ1v) is 8.43. The predicted octanol–water partition coefficient (Wildman–Crippen LogP) is 5.02. The van der Waals surface area contributed by atoms with Crippen LogP contribution in [-0.2, 0) is 6.42 Å². The molecule has 3 heteroatoms. The van der Waals surface area contributed by atoms with E-state index >= 15 is 0 Å². The second-order valence-electron chi connectivity index (χ2n) is 6.48. The molecule has 1 aliphatic heterocycles. The molecule has 2 aromatic heterocycles. The summed E-state index contributed by atoms with van der Waals surface area (Å²) in [5.74, 6) is 1.04. The van der Waals surface area contributed by atoms with Gasteiger partial charge in [0.05, 0.1) is 17.8 Å². The summed E-state index contributed by atoms with van der Waals surface area (Å²) in [4.78, 5) is 7.88. The van der Waals surface area contributed by atoms with Crippen molar-refractivity contribution in [1.29, 1.82) is 0 Å². The van der Waals surface area contributed by atoms with E-state index in [1.54, 1.807) is 0 Å². The van der Waals surface area contributed by atoms with Crippen molar-refractivity contribution in [2.45, 2.75) is 19.8 Å². The van der Waals surface area contributed by atoms with Crippen LogP contribution in [0.4, 0.5) is 0 Å². The van der Waals surface area contributed by atoms with Crippen LogP contribution in [0.15, 0.2) is 48.7 Å². The average Bonchev–Trinajstić information content (AvgIpc) is 3.01. The lowest BCUT2D eigenvalue weighted by atomic mass is 9.98. The van der Waals surface area contributed by atoms with Gasteiger partial charge in [0.25, 0.3) is 0 Å². The summed E-state index contributed by atoms with van der Waals surface area (Å²) in [6.07, 6.45) is 4.08. The molecule has 3 nitrogen and oxygen atoms in total. The largest absolute Gasteiger partial charge is 0.493 e. The third-order valence-corrected chi connectivity index (χ3v) is 4.95. The van der Waals surface area contributed by atoms with E-state index in [2.05, 4.69) is 52.4 Å². The Morgan fingerprint density at radius 3 is 2.83 bits per heavy atom. The second kappa shape index (κ2) is 5.10. The Labute approximate surface area is 140 Å². The van der Waals surface area contributed by atoms with Gasteiger partial charge >= 0.3 is 0 Å². The Kier molecular flexibility index (Phi) is 2.89. The Bertz CT molecular complexity index is 1080. The van der Waals surface area contributed by atoms with Gasteiger partial charge < -0.3 is 9.72 Å². The van der Waals surface area contributed by atoms with Crippen molar-refractivity contribution in [3.8, 4) is 16.9 Å². The van der Waals surface area contributed by atoms with Crippen LogP contribution in [0.5, 0.6) is 5.75 Å². The summed E-state index contributed by atoms with van der Waals surface area (Å²) >= 11 is 0. The van der Waals surface area contributed by atoms with Gasteiger partial charge in [0.15, 0.2) is 0 Å². The molecular weight excluding hydrogens is 296 g/mol. The lowest BCUT2D eigenvalue weighted by Gasteiger charge is -2.18. The fourth-order valence-corrected chi connectivity index (χ4v) is 3.68. The van der Waals surface area contributed by atoms with Crippen LogP contribution in [0, 0.1) is 6.92 Å². The van der Waals surface area contributed by atoms with Crippen LogP contribution >= 0.6 is 0 Å². The Balaban J connectivity index is 1.70. The fourth-order valence-electron chi connectivity index (χ4n) is 3.68. The van der Waals surface area contributed by atoms with Crippen LogP contribution in [0.1, 0.15) is 17.7 Å². The number of nitrogens with one attached hydrogen (secondary N) is 1. The van der Waals surface area contributed by atoms with E-state index in [9.17, 15) is 0 Å². The van der Waals surface area contributed by atoms with Crippen LogP contribution in [0.2, 0.25) is 0 Å². The van der Waals surface area contributed by atoms with E-state index < -0.39 is 0 Å². The first kappa shape index (κ1) is 13.6. The van der Waals surface area contributed by atoms with Crippen molar-refractivity contribution in [3.63, 3.8) is 0 Å². The highest BCUT2D eigenvalue weighted by Crippen LogP contribution is 2.33. The molecule has 24 heavy (non-hydrogen) atoms. The number of aryl methyl sites for hydroxylation is 2. The molecule has 3 heterocycles. The number of H-pyrrole nitrogens is 1. The van der Waals surface area contributed by atoms with Gasteiger partial charge in [-0.25, -0.2) is 0 Å². The first-order chi connectivity index (χ1) is 11.8. The maximum Gasteiger partial charge on any atom is 0.122 e. The molecule has 2 aromatic carbocycles. The van der Waals surface area contributed by atoms with E-state index in [1.807, 2.05) is 13.1 Å². The minimum Gasteiger partial charge on any atom is -0.493 e. The number of ether oxygens (including phenoxy) is 1. The van der Waals surface area contributed by atoms with Crippen molar-refractivity contribution in [2.24, 2.45) is 0 Å². The Morgan fingerprint density at radius 2 is 1.88 bits per heavy atom. The van der Waals surface area contributed by atoms with Gasteiger partial charge in [-0.2, -0.15) is 0 Å². The van der Waals surface area contributed by atoms with Crippen molar-refractivity contribution in [3.05, 3.63) is 59.9 Å². The molecule has 0 saturated carbocycles. The SMILES string of the molecule is Cc1nccc2c1[nH]c1ccc(-c3ccc4c(c3)CCCO4)cc12. The summed E-state index contributed by atoms with van der Waals surface area (Å²) in [5.41, 5.74) is 7.14. The lowest BCUT2D eigenvalue weighted by molar-refractivity contribution is 0.288. The van der Waals surface area contributed by atoms with Gasteiger partial charge in [-0.3, -0.25) is 4.98 Å². The van der Waals surface area contributed by atoms with Crippen LogP contribution in [0.3, 0.4) is 0 Å². The molecule has 1 aliphatic rings. The van der Waals surface area contributed by atoms with E-state index in [-0.39, 0.29) is 0 Å². The van der Waals surface area contributed by atoms with Gasteiger partial charge in [-0.05, 0) is 66.8 Å². The molecule has 1 N–H and O–H groups in total. The number of aromatic amines is 1. The monoisotopic (exact) mass is 314 g/mol. The fraction of sp³-hybridized carbons (Fsp3) is 0.190.